The second kappa shape index (κ2) is 14.5. The molecule has 0 unspecified atom stereocenters. The number of carbonyl (C=O) groups excluding carboxylic acids is 2. The molecular formula is C31H40N4O4. The second-order valence-electron chi connectivity index (χ2n) is 9.96. The number of benzene rings is 2. The summed E-state index contributed by atoms with van der Waals surface area (Å²) in [6.45, 7) is 9.30. The lowest BCUT2D eigenvalue weighted by atomic mass is 10.1. The van der Waals surface area contributed by atoms with Crippen molar-refractivity contribution in [2.45, 2.75) is 39.8 Å². The maximum atomic E-state index is 13.7. The summed E-state index contributed by atoms with van der Waals surface area (Å²) in [5.41, 5.74) is 2.90. The molecule has 0 aliphatic carbocycles. The van der Waals surface area contributed by atoms with E-state index in [0.717, 1.165) is 74.0 Å². The molecule has 1 N–H and O–H groups in total. The summed E-state index contributed by atoms with van der Waals surface area (Å²) < 4.78 is 11.2. The van der Waals surface area contributed by atoms with Crippen LogP contribution in [0.2, 0.25) is 0 Å². The van der Waals surface area contributed by atoms with Crippen molar-refractivity contribution in [3.8, 4) is 0 Å². The number of hydrogen-bond acceptors (Lipinski definition) is 5. The molecule has 0 atom stereocenters. The zero-order chi connectivity index (χ0) is 27.5. The molecule has 8 nitrogen and oxygen atoms in total. The molecular weight excluding hydrogens is 492 g/mol. The number of carbonyl (C=O) groups is 2. The predicted molar refractivity (Wildman–Crippen MR) is 152 cm³/mol. The van der Waals surface area contributed by atoms with Crippen molar-refractivity contribution in [3.63, 3.8) is 0 Å². The van der Waals surface area contributed by atoms with Crippen LogP contribution in [-0.2, 0) is 29.0 Å². The largest absolute Gasteiger partial charge is 0.464 e. The molecule has 1 saturated heterocycles. The minimum absolute atomic E-state index is 0.0189. The molecule has 1 aliphatic heterocycles. The Balaban J connectivity index is 1.47. The smallest absolute Gasteiger partial charge is 0.322 e. The zero-order valence-electron chi connectivity index (χ0n) is 23.1. The fourth-order valence-corrected chi connectivity index (χ4v) is 4.69. The molecule has 3 aromatic rings. The van der Waals surface area contributed by atoms with E-state index in [2.05, 4.69) is 17.1 Å². The molecule has 39 heavy (non-hydrogen) atoms. The summed E-state index contributed by atoms with van der Waals surface area (Å²) in [6, 6.07) is 21.2. The van der Waals surface area contributed by atoms with E-state index in [1.54, 1.807) is 9.80 Å². The topological polar surface area (TPSA) is 78.3 Å². The summed E-state index contributed by atoms with van der Waals surface area (Å²) in [4.78, 5) is 32.9. The van der Waals surface area contributed by atoms with Gasteiger partial charge in [-0.1, -0.05) is 49.4 Å². The average molecular weight is 533 g/mol. The molecule has 0 radical (unpaired) electrons. The van der Waals surface area contributed by atoms with E-state index in [-0.39, 0.29) is 18.5 Å². The van der Waals surface area contributed by atoms with Gasteiger partial charge in [-0.3, -0.25) is 9.69 Å². The second-order valence-corrected chi connectivity index (χ2v) is 9.96. The first-order chi connectivity index (χ1) is 19.0. The molecule has 1 fully saturated rings. The number of urea groups is 1. The van der Waals surface area contributed by atoms with Gasteiger partial charge in [0.15, 0.2) is 0 Å². The molecule has 3 amide bonds. The normalized spacial score (nSPS) is 13.7. The molecule has 2 heterocycles. The van der Waals surface area contributed by atoms with Crippen molar-refractivity contribution in [1.29, 1.82) is 0 Å². The molecule has 0 saturated carbocycles. The Hall–Kier alpha value is -3.62. The lowest BCUT2D eigenvalue weighted by Crippen LogP contribution is -2.45. The van der Waals surface area contributed by atoms with Gasteiger partial charge in [0, 0.05) is 38.4 Å². The van der Waals surface area contributed by atoms with Crippen LogP contribution >= 0.6 is 0 Å². The van der Waals surface area contributed by atoms with Crippen LogP contribution in [0.5, 0.6) is 0 Å². The standard InChI is InChI=1S/C31H40N4O4/c1-3-26-11-7-12-28(21-26)32-31(37)34(16-8-15-33-17-19-38-20-18-33)24-30(36)35(22-27-9-5-4-6-10-27)23-29-14-13-25(2)39-29/h4-7,9-14,21H,3,8,15-20,22-24H2,1-2H3,(H,32,37). The van der Waals surface area contributed by atoms with Gasteiger partial charge in [-0.25, -0.2) is 4.79 Å². The van der Waals surface area contributed by atoms with Crippen LogP contribution < -0.4 is 5.32 Å². The van der Waals surface area contributed by atoms with E-state index in [9.17, 15) is 9.59 Å². The Morgan fingerprint density at radius 2 is 1.69 bits per heavy atom. The third-order valence-electron chi connectivity index (χ3n) is 6.92. The van der Waals surface area contributed by atoms with Crippen LogP contribution in [0.1, 0.15) is 36.0 Å². The van der Waals surface area contributed by atoms with Gasteiger partial charge >= 0.3 is 6.03 Å². The molecule has 8 heteroatoms. The number of anilines is 1. The summed E-state index contributed by atoms with van der Waals surface area (Å²) >= 11 is 0. The highest BCUT2D eigenvalue weighted by Gasteiger charge is 2.23. The number of hydrogen-bond donors (Lipinski definition) is 1. The molecule has 208 valence electrons. The number of morpholine rings is 1. The number of furan rings is 1. The Morgan fingerprint density at radius 3 is 2.41 bits per heavy atom. The number of rotatable bonds is 12. The first-order valence-corrected chi connectivity index (χ1v) is 13.8. The number of aryl methyl sites for hydroxylation is 2. The minimum atomic E-state index is -0.271. The fraction of sp³-hybridized carbons (Fsp3) is 0.419. The van der Waals surface area contributed by atoms with Gasteiger partial charge < -0.3 is 24.3 Å². The van der Waals surface area contributed by atoms with Gasteiger partial charge in [0.1, 0.15) is 18.1 Å². The van der Waals surface area contributed by atoms with E-state index < -0.39 is 0 Å². The minimum Gasteiger partial charge on any atom is -0.464 e. The van der Waals surface area contributed by atoms with Crippen LogP contribution in [0.25, 0.3) is 0 Å². The van der Waals surface area contributed by atoms with Gasteiger partial charge in [-0.15, -0.1) is 0 Å². The summed E-state index contributed by atoms with van der Waals surface area (Å²) in [7, 11) is 0. The van der Waals surface area contributed by atoms with Gasteiger partial charge in [0.2, 0.25) is 5.91 Å². The van der Waals surface area contributed by atoms with Crippen LogP contribution in [0.4, 0.5) is 10.5 Å². The first-order valence-electron chi connectivity index (χ1n) is 13.8. The highest BCUT2D eigenvalue weighted by molar-refractivity contribution is 5.92. The molecule has 1 aliphatic rings. The van der Waals surface area contributed by atoms with Crippen molar-refractivity contribution in [2.75, 3.05) is 51.3 Å². The molecule has 1 aromatic heterocycles. The monoisotopic (exact) mass is 532 g/mol. The molecule has 0 bridgehead atoms. The average Bonchev–Trinajstić information content (AvgIpc) is 3.37. The Bertz CT molecular complexity index is 1190. The van der Waals surface area contributed by atoms with Gasteiger partial charge in [0.25, 0.3) is 0 Å². The van der Waals surface area contributed by atoms with Crippen molar-refractivity contribution in [1.82, 2.24) is 14.7 Å². The van der Waals surface area contributed by atoms with Crippen molar-refractivity contribution in [3.05, 3.63) is 89.4 Å². The van der Waals surface area contributed by atoms with Gasteiger partial charge in [0.05, 0.1) is 19.8 Å². The third-order valence-corrected chi connectivity index (χ3v) is 6.92. The van der Waals surface area contributed by atoms with E-state index in [0.29, 0.717) is 19.6 Å². The number of ether oxygens (including phenoxy) is 1. The SMILES string of the molecule is CCc1cccc(NC(=O)N(CCCN2CCOCC2)CC(=O)N(Cc2ccccc2)Cc2ccc(C)o2)c1. The maximum absolute atomic E-state index is 13.7. The van der Waals surface area contributed by atoms with Crippen molar-refractivity contribution < 1.29 is 18.7 Å². The Kier molecular flexibility index (Phi) is 10.6. The van der Waals surface area contributed by atoms with Crippen LogP contribution in [-0.4, -0.2) is 72.6 Å². The van der Waals surface area contributed by atoms with E-state index >= 15 is 0 Å². The first kappa shape index (κ1) is 28.4. The Morgan fingerprint density at radius 1 is 0.923 bits per heavy atom. The summed E-state index contributed by atoms with van der Waals surface area (Å²) in [5, 5.41) is 3.02. The number of nitrogens with zero attached hydrogens (tertiary/aromatic N) is 3. The summed E-state index contributed by atoms with van der Waals surface area (Å²) in [5.74, 6) is 1.39. The predicted octanol–water partition coefficient (Wildman–Crippen LogP) is 4.94. The van der Waals surface area contributed by atoms with E-state index in [1.807, 2.05) is 73.7 Å². The molecule has 4 rings (SSSR count). The van der Waals surface area contributed by atoms with Crippen LogP contribution in [0.3, 0.4) is 0 Å². The fourth-order valence-electron chi connectivity index (χ4n) is 4.69. The number of nitrogens with one attached hydrogen (secondary N) is 1. The molecule has 2 aromatic carbocycles. The lowest BCUT2D eigenvalue weighted by Gasteiger charge is -2.30. The zero-order valence-corrected chi connectivity index (χ0v) is 23.1. The van der Waals surface area contributed by atoms with Gasteiger partial charge in [-0.05, 0) is 55.2 Å². The van der Waals surface area contributed by atoms with Crippen molar-refractivity contribution in [2.24, 2.45) is 0 Å². The van der Waals surface area contributed by atoms with Gasteiger partial charge in [-0.2, -0.15) is 0 Å². The van der Waals surface area contributed by atoms with Crippen LogP contribution in [0, 0.1) is 6.92 Å². The highest BCUT2D eigenvalue weighted by Crippen LogP contribution is 2.16. The lowest BCUT2D eigenvalue weighted by molar-refractivity contribution is -0.133. The Labute approximate surface area is 231 Å². The third kappa shape index (κ3) is 8.97. The summed E-state index contributed by atoms with van der Waals surface area (Å²) in [6.07, 6.45) is 1.65. The van der Waals surface area contributed by atoms with E-state index in [4.69, 9.17) is 9.15 Å². The highest BCUT2D eigenvalue weighted by atomic mass is 16.5. The quantitative estimate of drug-likeness (QED) is 0.358. The maximum Gasteiger partial charge on any atom is 0.322 e. The van der Waals surface area contributed by atoms with Crippen molar-refractivity contribution >= 4 is 17.6 Å². The van der Waals surface area contributed by atoms with Crippen LogP contribution in [0.15, 0.2) is 71.1 Å². The number of amides is 3. The van der Waals surface area contributed by atoms with E-state index in [1.165, 1.54) is 0 Å². The molecule has 0 spiro atoms.